The normalized spacial score (nSPS) is 19.0. The molecule has 0 aliphatic heterocycles. The van der Waals surface area contributed by atoms with Crippen molar-refractivity contribution in [3.63, 3.8) is 0 Å². The number of hydrogen-bond acceptors (Lipinski definition) is 6. The van der Waals surface area contributed by atoms with Crippen LogP contribution in [0.1, 0.15) is 76.3 Å². The number of allylic oxidation sites excluding steroid dienone is 2. The van der Waals surface area contributed by atoms with E-state index in [0.29, 0.717) is 11.5 Å². The van der Waals surface area contributed by atoms with Crippen LogP contribution in [0.5, 0.6) is 0 Å². The van der Waals surface area contributed by atoms with Crippen LogP contribution in [0.4, 0.5) is 5.69 Å². The fourth-order valence-electron chi connectivity index (χ4n) is 7.11. The lowest BCUT2D eigenvalue weighted by Gasteiger charge is -2.35. The van der Waals surface area contributed by atoms with Gasteiger partial charge in [-0.15, -0.1) is 0 Å². The fourth-order valence-corrected chi connectivity index (χ4v) is 7.11. The third kappa shape index (κ3) is 9.84. The van der Waals surface area contributed by atoms with E-state index in [-0.39, 0.29) is 19.0 Å². The van der Waals surface area contributed by atoms with Crippen LogP contribution in [0.3, 0.4) is 0 Å². The molecule has 1 aromatic heterocycles. The number of aliphatic carboxylic acids is 1. The summed E-state index contributed by atoms with van der Waals surface area (Å²) < 4.78 is 0. The van der Waals surface area contributed by atoms with E-state index in [0.717, 1.165) is 47.3 Å². The van der Waals surface area contributed by atoms with Crippen molar-refractivity contribution in [3.8, 4) is 11.4 Å². The van der Waals surface area contributed by atoms with Gasteiger partial charge in [0.2, 0.25) is 17.7 Å². The van der Waals surface area contributed by atoms with Gasteiger partial charge in [-0.25, -0.2) is 9.97 Å². The van der Waals surface area contributed by atoms with Gasteiger partial charge in [0.25, 0.3) is 0 Å². The number of aromatic nitrogens is 2. The van der Waals surface area contributed by atoms with Crippen molar-refractivity contribution in [1.82, 2.24) is 20.2 Å². The molecule has 2 aliphatic rings. The topological polar surface area (TPSA) is 133 Å². The molecule has 0 radical (unpaired) electrons. The lowest BCUT2D eigenvalue weighted by Crippen LogP contribution is -2.45. The van der Waals surface area contributed by atoms with Gasteiger partial charge in [-0.05, 0) is 73.1 Å². The highest BCUT2D eigenvalue weighted by Crippen LogP contribution is 2.41. The molecule has 10 heteroatoms. The number of hydrogen-bond donors (Lipinski definition) is 2. The SMILES string of the molecule is CC[C@H]1CC[C@H](C2CC=C(c3cnc(-c4ccc(CN(CC(=O)O)C(=O)CNC(=O)CN(C(C)=O)c5ccccc5)cc4)nc3)CC2)CC1. The van der Waals surface area contributed by atoms with Crippen LogP contribution < -0.4 is 10.2 Å². The van der Waals surface area contributed by atoms with Gasteiger partial charge >= 0.3 is 5.97 Å². The number of carbonyl (C=O) groups excluding carboxylic acids is 3. The number of carboxylic acid groups (broad SMARTS) is 1. The van der Waals surface area contributed by atoms with Crippen LogP contribution in [0.25, 0.3) is 17.0 Å². The molecule has 3 aromatic rings. The maximum absolute atomic E-state index is 13.0. The molecule has 0 bridgehead atoms. The van der Waals surface area contributed by atoms with Crippen LogP contribution in [0.15, 0.2) is 73.1 Å². The van der Waals surface area contributed by atoms with E-state index < -0.39 is 30.9 Å². The van der Waals surface area contributed by atoms with Crippen molar-refractivity contribution in [2.75, 3.05) is 24.5 Å². The maximum Gasteiger partial charge on any atom is 0.323 e. The molecule has 0 spiro atoms. The Morgan fingerprint density at radius 2 is 1.55 bits per heavy atom. The van der Waals surface area contributed by atoms with Crippen LogP contribution in [0, 0.1) is 17.8 Å². The van der Waals surface area contributed by atoms with Crippen molar-refractivity contribution in [3.05, 3.63) is 84.2 Å². The van der Waals surface area contributed by atoms with E-state index in [1.807, 2.05) is 36.7 Å². The molecule has 2 N–H and O–H groups in total. The molecule has 0 saturated heterocycles. The van der Waals surface area contributed by atoms with Gasteiger partial charge in [0, 0.05) is 42.7 Å². The molecule has 3 amide bonds. The fraction of sp³-hybridized carbons (Fsp3) is 0.436. The van der Waals surface area contributed by atoms with E-state index in [1.54, 1.807) is 30.3 Å². The van der Waals surface area contributed by atoms with Gasteiger partial charge < -0.3 is 20.2 Å². The first-order chi connectivity index (χ1) is 23.7. The predicted octanol–water partition coefficient (Wildman–Crippen LogP) is 6.13. The number of nitrogens with zero attached hydrogens (tertiary/aromatic N) is 4. The number of carboxylic acids is 1. The molecule has 1 fully saturated rings. The molecule has 1 unspecified atom stereocenters. The monoisotopic (exact) mass is 665 g/mol. The molecule has 10 nitrogen and oxygen atoms in total. The van der Waals surface area contributed by atoms with E-state index in [9.17, 15) is 24.3 Å². The first-order valence-corrected chi connectivity index (χ1v) is 17.4. The van der Waals surface area contributed by atoms with Gasteiger partial charge in [-0.2, -0.15) is 0 Å². The summed E-state index contributed by atoms with van der Waals surface area (Å²) >= 11 is 0. The second kappa shape index (κ2) is 17.0. The van der Waals surface area contributed by atoms with Gasteiger partial charge in [0.1, 0.15) is 13.1 Å². The van der Waals surface area contributed by atoms with Crippen LogP contribution in [0.2, 0.25) is 0 Å². The Hall–Kier alpha value is -4.86. The highest BCUT2D eigenvalue weighted by molar-refractivity contribution is 5.98. The lowest BCUT2D eigenvalue weighted by atomic mass is 9.71. The van der Waals surface area contributed by atoms with Gasteiger partial charge in [0.15, 0.2) is 5.82 Å². The lowest BCUT2D eigenvalue weighted by molar-refractivity contribution is -0.144. The van der Waals surface area contributed by atoms with E-state index in [2.05, 4.69) is 28.3 Å². The van der Waals surface area contributed by atoms with Crippen molar-refractivity contribution >= 4 is 35.0 Å². The van der Waals surface area contributed by atoms with E-state index >= 15 is 0 Å². The zero-order chi connectivity index (χ0) is 34.8. The minimum Gasteiger partial charge on any atom is -0.480 e. The second-order valence-electron chi connectivity index (χ2n) is 13.3. The molecule has 258 valence electrons. The summed E-state index contributed by atoms with van der Waals surface area (Å²) in [6.45, 7) is 2.52. The van der Waals surface area contributed by atoms with Crippen molar-refractivity contribution in [1.29, 1.82) is 0 Å². The number of anilines is 1. The number of benzene rings is 2. The predicted molar refractivity (Wildman–Crippen MR) is 189 cm³/mol. The minimum atomic E-state index is -1.17. The molecule has 1 heterocycles. The first-order valence-electron chi connectivity index (χ1n) is 17.4. The van der Waals surface area contributed by atoms with Gasteiger partial charge in [-0.1, -0.05) is 74.7 Å². The summed E-state index contributed by atoms with van der Waals surface area (Å²) in [5.74, 6) is 0.606. The molecule has 1 atom stereocenters. The first kappa shape index (κ1) is 35.4. The summed E-state index contributed by atoms with van der Waals surface area (Å²) in [4.78, 5) is 61.0. The molecule has 1 saturated carbocycles. The highest BCUT2D eigenvalue weighted by atomic mass is 16.4. The van der Waals surface area contributed by atoms with Crippen molar-refractivity contribution in [2.45, 2.75) is 71.8 Å². The molecule has 49 heavy (non-hydrogen) atoms. The molecule has 5 rings (SSSR count). The summed E-state index contributed by atoms with van der Waals surface area (Å²) in [5.41, 5.74) is 4.48. The summed E-state index contributed by atoms with van der Waals surface area (Å²) in [6.07, 6.45) is 16.5. The quantitative estimate of drug-likeness (QED) is 0.225. The molecular formula is C39H47N5O5. The Morgan fingerprint density at radius 1 is 0.857 bits per heavy atom. The van der Waals surface area contributed by atoms with Crippen molar-refractivity contribution in [2.24, 2.45) is 17.8 Å². The van der Waals surface area contributed by atoms with E-state index in [4.69, 9.17) is 0 Å². The van der Waals surface area contributed by atoms with Crippen molar-refractivity contribution < 1.29 is 24.3 Å². The number of para-hydroxylation sites is 1. The highest BCUT2D eigenvalue weighted by Gasteiger charge is 2.28. The van der Waals surface area contributed by atoms with Gasteiger partial charge in [-0.3, -0.25) is 19.2 Å². The number of rotatable bonds is 13. The van der Waals surface area contributed by atoms with E-state index in [1.165, 1.54) is 60.8 Å². The van der Waals surface area contributed by atoms with Crippen LogP contribution >= 0.6 is 0 Å². The van der Waals surface area contributed by atoms with Gasteiger partial charge in [0.05, 0.1) is 6.54 Å². The number of nitrogens with one attached hydrogen (secondary N) is 1. The Kier molecular flexibility index (Phi) is 12.3. The third-order valence-corrected chi connectivity index (χ3v) is 10.1. The largest absolute Gasteiger partial charge is 0.480 e. The molecule has 2 aliphatic carbocycles. The van der Waals surface area contributed by atoms with Crippen LogP contribution in [-0.2, 0) is 25.7 Å². The zero-order valence-electron chi connectivity index (χ0n) is 28.5. The standard InChI is InChI=1S/C39H47N5O5/c1-3-28-9-13-30(14-10-28)31-17-19-32(20-18-31)34-21-41-39(42-22-34)33-15-11-29(12-16-33)24-43(26-38(48)49)37(47)23-40-36(46)25-44(27(2)45)35-7-5-4-6-8-35/h4-8,11-12,15-16,19,21-22,28,30-31H,3,9-10,13-14,17-18,20,23-26H2,1-2H3,(H,40,46)(H,48,49)/t28-,30-,31?. The summed E-state index contributed by atoms with van der Waals surface area (Å²) in [5, 5.41) is 12.0. The average Bonchev–Trinajstić information content (AvgIpc) is 3.13. The minimum absolute atomic E-state index is 0.0415. The maximum atomic E-state index is 13.0. The zero-order valence-corrected chi connectivity index (χ0v) is 28.5. The Balaban J connectivity index is 1.14. The molecule has 2 aromatic carbocycles. The second-order valence-corrected chi connectivity index (χ2v) is 13.3. The average molecular weight is 666 g/mol. The number of amides is 3. The molecular weight excluding hydrogens is 618 g/mol. The smallest absolute Gasteiger partial charge is 0.323 e. The third-order valence-electron chi connectivity index (χ3n) is 10.1. The summed E-state index contributed by atoms with van der Waals surface area (Å²) in [6, 6.07) is 16.1. The number of carbonyl (C=O) groups is 4. The Bertz CT molecular complexity index is 1620. The summed E-state index contributed by atoms with van der Waals surface area (Å²) in [7, 11) is 0. The van der Waals surface area contributed by atoms with Crippen LogP contribution in [-0.4, -0.2) is 63.3 Å². The Labute approximate surface area is 288 Å². The Morgan fingerprint density at radius 3 is 2.14 bits per heavy atom.